The van der Waals surface area contributed by atoms with E-state index in [-0.39, 0.29) is 5.15 Å². The lowest BCUT2D eigenvalue weighted by atomic mass is 10.2. The van der Waals surface area contributed by atoms with Crippen molar-refractivity contribution in [2.24, 2.45) is 0 Å². The lowest BCUT2D eigenvalue weighted by Crippen LogP contribution is -1.92. The topological polar surface area (TPSA) is 61.6 Å². The molecule has 0 amide bonds. The highest BCUT2D eigenvalue weighted by Gasteiger charge is 2.08. The summed E-state index contributed by atoms with van der Waals surface area (Å²) in [5.74, 6) is 0.434. The zero-order chi connectivity index (χ0) is 11.5. The van der Waals surface area contributed by atoms with Crippen LogP contribution in [0.4, 0.5) is 11.5 Å². The van der Waals surface area contributed by atoms with E-state index < -0.39 is 0 Å². The molecule has 0 spiro atoms. The minimum atomic E-state index is 0.281. The molecule has 0 aliphatic carbocycles. The number of nitrogens with one attached hydrogen (secondary N) is 1. The number of anilines is 2. The Morgan fingerprint density at radius 2 is 2.12 bits per heavy atom. The summed E-state index contributed by atoms with van der Waals surface area (Å²) in [5, 5.41) is 12.4. The number of halogens is 2. The van der Waals surface area contributed by atoms with E-state index >= 15 is 0 Å². The standard InChI is InChI=1S/C9H4Cl2N4S/c10-6-2-1-5(4-12)3-7(6)13-9-8(11)14-16-15-9/h1-3H,(H,13,15). The Morgan fingerprint density at radius 3 is 2.75 bits per heavy atom. The van der Waals surface area contributed by atoms with Crippen LogP contribution in [-0.2, 0) is 0 Å². The van der Waals surface area contributed by atoms with Crippen LogP contribution >= 0.6 is 34.9 Å². The van der Waals surface area contributed by atoms with E-state index in [1.54, 1.807) is 18.2 Å². The molecule has 0 bridgehead atoms. The number of benzene rings is 1. The smallest absolute Gasteiger partial charge is 0.187 e. The van der Waals surface area contributed by atoms with E-state index in [1.807, 2.05) is 6.07 Å². The number of hydrogen-bond acceptors (Lipinski definition) is 5. The summed E-state index contributed by atoms with van der Waals surface area (Å²) in [6.07, 6.45) is 0. The molecule has 0 radical (unpaired) electrons. The predicted molar refractivity (Wildman–Crippen MR) is 64.4 cm³/mol. The Kier molecular flexibility index (Phi) is 3.25. The van der Waals surface area contributed by atoms with Crippen molar-refractivity contribution < 1.29 is 0 Å². The maximum absolute atomic E-state index is 8.76. The summed E-state index contributed by atoms with van der Waals surface area (Å²) in [5.41, 5.74) is 1.08. The molecule has 0 atom stereocenters. The first-order chi connectivity index (χ1) is 7.70. The Bertz CT molecular complexity index is 561. The van der Waals surface area contributed by atoms with Crippen LogP contribution in [0.5, 0.6) is 0 Å². The molecule has 1 aromatic heterocycles. The van der Waals surface area contributed by atoms with Gasteiger partial charge in [-0.3, -0.25) is 0 Å². The molecular formula is C9H4Cl2N4S. The summed E-state index contributed by atoms with van der Waals surface area (Å²) >= 11 is 12.7. The van der Waals surface area contributed by atoms with Crippen LogP contribution in [0.2, 0.25) is 10.2 Å². The first kappa shape index (κ1) is 11.1. The maximum atomic E-state index is 8.76. The van der Waals surface area contributed by atoms with Gasteiger partial charge in [-0.05, 0) is 18.2 Å². The van der Waals surface area contributed by atoms with Gasteiger partial charge in [0.1, 0.15) is 0 Å². The molecule has 16 heavy (non-hydrogen) atoms. The largest absolute Gasteiger partial charge is 0.335 e. The van der Waals surface area contributed by atoms with Crippen molar-refractivity contribution in [3.8, 4) is 6.07 Å². The first-order valence-corrected chi connectivity index (χ1v) is 5.64. The van der Waals surface area contributed by atoms with Gasteiger partial charge >= 0.3 is 0 Å². The monoisotopic (exact) mass is 270 g/mol. The lowest BCUT2D eigenvalue weighted by Gasteiger charge is -2.05. The molecule has 4 nitrogen and oxygen atoms in total. The molecule has 1 aromatic carbocycles. The van der Waals surface area contributed by atoms with Crippen molar-refractivity contribution in [1.29, 1.82) is 5.26 Å². The molecule has 0 aliphatic rings. The minimum absolute atomic E-state index is 0.281. The van der Waals surface area contributed by atoms with Crippen LogP contribution in [0.25, 0.3) is 0 Å². The molecule has 0 fully saturated rings. The summed E-state index contributed by atoms with van der Waals surface area (Å²) in [6, 6.07) is 6.92. The van der Waals surface area contributed by atoms with Gasteiger partial charge in [0.25, 0.3) is 0 Å². The van der Waals surface area contributed by atoms with Gasteiger partial charge in [-0.25, -0.2) is 0 Å². The van der Waals surface area contributed by atoms with Crippen LogP contribution in [0.3, 0.4) is 0 Å². The summed E-state index contributed by atoms with van der Waals surface area (Å²) in [4.78, 5) is 0. The number of hydrogen-bond donors (Lipinski definition) is 1. The molecule has 0 saturated carbocycles. The fraction of sp³-hybridized carbons (Fsp3) is 0. The molecule has 0 unspecified atom stereocenters. The predicted octanol–water partition coefficient (Wildman–Crippen LogP) is 3.46. The zero-order valence-electron chi connectivity index (χ0n) is 7.74. The van der Waals surface area contributed by atoms with E-state index in [2.05, 4.69) is 14.1 Å². The minimum Gasteiger partial charge on any atom is -0.335 e. The molecular weight excluding hydrogens is 267 g/mol. The van der Waals surface area contributed by atoms with Crippen LogP contribution in [-0.4, -0.2) is 8.75 Å². The number of nitrogens with zero attached hydrogens (tertiary/aromatic N) is 3. The fourth-order valence-corrected chi connectivity index (χ4v) is 1.88. The van der Waals surface area contributed by atoms with Crippen LogP contribution in [0, 0.1) is 11.3 Å². The second kappa shape index (κ2) is 4.66. The van der Waals surface area contributed by atoms with Gasteiger partial charge in [0.05, 0.1) is 34.1 Å². The third-order valence-corrected chi connectivity index (χ3v) is 3.02. The van der Waals surface area contributed by atoms with E-state index in [0.29, 0.717) is 22.1 Å². The average molecular weight is 271 g/mol. The van der Waals surface area contributed by atoms with Crippen molar-refractivity contribution in [3.63, 3.8) is 0 Å². The molecule has 2 rings (SSSR count). The van der Waals surface area contributed by atoms with Crippen molar-refractivity contribution >= 4 is 46.4 Å². The molecule has 1 heterocycles. The quantitative estimate of drug-likeness (QED) is 0.908. The summed E-state index contributed by atoms with van der Waals surface area (Å²) in [7, 11) is 0. The van der Waals surface area contributed by atoms with Gasteiger partial charge in [0.15, 0.2) is 11.0 Å². The summed E-state index contributed by atoms with van der Waals surface area (Å²) < 4.78 is 7.76. The highest BCUT2D eigenvalue weighted by molar-refractivity contribution is 6.99. The fourth-order valence-electron chi connectivity index (χ4n) is 1.07. The molecule has 1 N–H and O–H groups in total. The number of nitriles is 1. The molecule has 0 aliphatic heterocycles. The normalized spacial score (nSPS) is 9.81. The highest BCUT2D eigenvalue weighted by Crippen LogP contribution is 2.28. The second-order valence-electron chi connectivity index (χ2n) is 2.84. The maximum Gasteiger partial charge on any atom is 0.187 e. The number of aromatic nitrogens is 2. The van der Waals surface area contributed by atoms with E-state index in [0.717, 1.165) is 11.7 Å². The average Bonchev–Trinajstić information content (AvgIpc) is 2.68. The van der Waals surface area contributed by atoms with Gasteiger partial charge in [-0.1, -0.05) is 23.2 Å². The highest BCUT2D eigenvalue weighted by atomic mass is 35.5. The third-order valence-electron chi connectivity index (χ3n) is 1.80. The Hall–Kier alpha value is -1.35. The SMILES string of the molecule is N#Cc1ccc(Cl)c(Nc2nsnc2Cl)c1. The Balaban J connectivity index is 2.35. The second-order valence-corrected chi connectivity index (χ2v) is 4.13. The van der Waals surface area contributed by atoms with Gasteiger partial charge in [0.2, 0.25) is 0 Å². The van der Waals surface area contributed by atoms with Crippen molar-refractivity contribution in [2.45, 2.75) is 0 Å². The van der Waals surface area contributed by atoms with E-state index in [9.17, 15) is 0 Å². The third kappa shape index (κ3) is 2.25. The van der Waals surface area contributed by atoms with Crippen molar-refractivity contribution in [3.05, 3.63) is 33.9 Å². The molecule has 7 heteroatoms. The Morgan fingerprint density at radius 1 is 1.31 bits per heavy atom. The zero-order valence-corrected chi connectivity index (χ0v) is 10.1. The molecule has 0 saturated heterocycles. The van der Waals surface area contributed by atoms with Crippen molar-refractivity contribution in [1.82, 2.24) is 8.75 Å². The van der Waals surface area contributed by atoms with Gasteiger partial charge in [-0.2, -0.15) is 14.0 Å². The van der Waals surface area contributed by atoms with E-state index in [4.69, 9.17) is 28.5 Å². The molecule has 2 aromatic rings. The lowest BCUT2D eigenvalue weighted by molar-refractivity contribution is 1.43. The Labute approximate surface area is 106 Å². The first-order valence-electron chi connectivity index (χ1n) is 4.15. The van der Waals surface area contributed by atoms with Crippen molar-refractivity contribution in [2.75, 3.05) is 5.32 Å². The van der Waals surface area contributed by atoms with Crippen LogP contribution < -0.4 is 5.32 Å². The molecule has 80 valence electrons. The van der Waals surface area contributed by atoms with Gasteiger partial charge in [0, 0.05) is 0 Å². The number of rotatable bonds is 2. The van der Waals surface area contributed by atoms with Gasteiger partial charge < -0.3 is 5.32 Å². The van der Waals surface area contributed by atoms with Crippen LogP contribution in [0.15, 0.2) is 18.2 Å². The van der Waals surface area contributed by atoms with Crippen LogP contribution in [0.1, 0.15) is 5.56 Å². The van der Waals surface area contributed by atoms with Gasteiger partial charge in [-0.15, -0.1) is 0 Å². The summed E-state index contributed by atoms with van der Waals surface area (Å²) in [6.45, 7) is 0. The van der Waals surface area contributed by atoms with E-state index in [1.165, 1.54) is 0 Å².